The Kier molecular flexibility index (Phi) is 4.76. The smallest absolute Gasteiger partial charge is 0.243 e. The van der Waals surface area contributed by atoms with E-state index in [2.05, 4.69) is 10.3 Å². The van der Waals surface area contributed by atoms with Crippen LogP contribution in [0.2, 0.25) is 0 Å². The number of benzene rings is 1. The highest BCUT2D eigenvalue weighted by Gasteiger charge is 2.22. The second-order valence-electron chi connectivity index (χ2n) is 4.89. The molecule has 0 unspecified atom stereocenters. The topological polar surface area (TPSA) is 67.2 Å². The molecular weight excluding hydrogens is 288 g/mol. The summed E-state index contributed by atoms with van der Waals surface area (Å²) in [6, 6.07) is 6.96. The molecule has 0 fully saturated rings. The molecule has 0 amide bonds. The van der Waals surface area contributed by atoms with Gasteiger partial charge in [-0.05, 0) is 24.7 Å². The molecule has 1 aromatic heterocycles. The van der Waals surface area contributed by atoms with Crippen LogP contribution in [0.15, 0.2) is 41.6 Å². The molecule has 6 nitrogen and oxygen atoms in total. The van der Waals surface area contributed by atoms with Crippen LogP contribution >= 0.6 is 0 Å². The Morgan fingerprint density at radius 1 is 1.38 bits per heavy atom. The lowest BCUT2D eigenvalue weighted by atomic mass is 10.2. The molecule has 114 valence electrons. The number of nitrogens with zero attached hydrogens (tertiary/aromatic N) is 3. The van der Waals surface area contributed by atoms with Gasteiger partial charge >= 0.3 is 0 Å². The molecule has 0 radical (unpaired) electrons. The second-order valence-corrected chi connectivity index (χ2v) is 6.94. The number of nitrogens with one attached hydrogen (secondary N) is 1. The van der Waals surface area contributed by atoms with Crippen molar-refractivity contribution in [1.29, 1.82) is 0 Å². The minimum Gasteiger partial charge on any atom is -0.337 e. The highest BCUT2D eigenvalue weighted by molar-refractivity contribution is 7.89. The van der Waals surface area contributed by atoms with Crippen molar-refractivity contribution in [3.05, 3.63) is 48.0 Å². The minimum atomic E-state index is -3.52. The number of imidazole rings is 1. The molecule has 1 N–H and O–H groups in total. The molecule has 0 bridgehead atoms. The lowest BCUT2D eigenvalue weighted by Crippen LogP contribution is -2.27. The Morgan fingerprint density at radius 2 is 2.14 bits per heavy atom. The van der Waals surface area contributed by atoms with Crippen molar-refractivity contribution in [2.75, 3.05) is 14.1 Å². The van der Waals surface area contributed by atoms with E-state index in [0.717, 1.165) is 5.56 Å². The van der Waals surface area contributed by atoms with E-state index in [1.165, 1.54) is 4.31 Å². The first kappa shape index (κ1) is 15.7. The summed E-state index contributed by atoms with van der Waals surface area (Å²) in [6.07, 6.45) is 3.45. The maximum absolute atomic E-state index is 12.6. The third-order valence-corrected chi connectivity index (χ3v) is 5.07. The lowest BCUT2D eigenvalue weighted by molar-refractivity contribution is 0.451. The molecule has 0 aliphatic carbocycles. The number of hydrogen-bond acceptors (Lipinski definition) is 4. The van der Waals surface area contributed by atoms with E-state index < -0.39 is 10.0 Å². The van der Waals surface area contributed by atoms with Crippen LogP contribution in [0.4, 0.5) is 0 Å². The van der Waals surface area contributed by atoms with Crippen molar-refractivity contribution in [1.82, 2.24) is 19.2 Å². The van der Waals surface area contributed by atoms with Crippen molar-refractivity contribution in [3.63, 3.8) is 0 Å². The zero-order chi connectivity index (χ0) is 15.5. The zero-order valence-corrected chi connectivity index (χ0v) is 13.3. The monoisotopic (exact) mass is 308 g/mol. The zero-order valence-electron chi connectivity index (χ0n) is 12.4. The number of aryl methyl sites for hydroxylation is 1. The van der Waals surface area contributed by atoms with Gasteiger partial charge < -0.3 is 9.88 Å². The highest BCUT2D eigenvalue weighted by Crippen LogP contribution is 2.17. The van der Waals surface area contributed by atoms with Gasteiger partial charge in [0.2, 0.25) is 10.0 Å². The standard InChI is InChI=1S/C14H20N4O2S/c1-15-10-12-5-4-6-13(9-12)21(19,20)18(3)11-14-16-7-8-17(14)2/h4-9,15H,10-11H2,1-3H3. The summed E-state index contributed by atoms with van der Waals surface area (Å²) in [5.41, 5.74) is 0.934. The van der Waals surface area contributed by atoms with Crippen LogP contribution in [0.5, 0.6) is 0 Å². The normalized spacial score (nSPS) is 12.0. The van der Waals surface area contributed by atoms with Gasteiger partial charge in [0.25, 0.3) is 0 Å². The summed E-state index contributed by atoms with van der Waals surface area (Å²) in [4.78, 5) is 4.45. The van der Waals surface area contributed by atoms with E-state index in [9.17, 15) is 8.42 Å². The molecule has 21 heavy (non-hydrogen) atoms. The molecule has 0 saturated carbocycles. The molecule has 0 saturated heterocycles. The molecule has 0 aliphatic rings. The third-order valence-electron chi connectivity index (χ3n) is 3.27. The average molecular weight is 308 g/mol. The number of aromatic nitrogens is 2. The SMILES string of the molecule is CNCc1cccc(S(=O)(=O)N(C)Cc2nccn2C)c1. The van der Waals surface area contributed by atoms with Crippen molar-refractivity contribution < 1.29 is 8.42 Å². The van der Waals surface area contributed by atoms with Crippen LogP contribution in [0.25, 0.3) is 0 Å². The van der Waals surface area contributed by atoms with E-state index >= 15 is 0 Å². The number of hydrogen-bond donors (Lipinski definition) is 1. The average Bonchev–Trinajstić information content (AvgIpc) is 2.85. The van der Waals surface area contributed by atoms with Crippen LogP contribution in [0.3, 0.4) is 0 Å². The quantitative estimate of drug-likeness (QED) is 0.863. The van der Waals surface area contributed by atoms with Crippen LogP contribution in [0.1, 0.15) is 11.4 Å². The first-order chi connectivity index (χ1) is 9.95. The number of sulfonamides is 1. The van der Waals surface area contributed by atoms with Gasteiger partial charge in [-0.2, -0.15) is 4.31 Å². The van der Waals surface area contributed by atoms with Crippen molar-refractivity contribution in [3.8, 4) is 0 Å². The first-order valence-electron chi connectivity index (χ1n) is 6.61. The third kappa shape index (κ3) is 3.49. The first-order valence-corrected chi connectivity index (χ1v) is 8.05. The summed E-state index contributed by atoms with van der Waals surface area (Å²) in [6.45, 7) is 0.870. The van der Waals surface area contributed by atoms with Crippen LogP contribution in [0, 0.1) is 0 Å². The van der Waals surface area contributed by atoms with Gasteiger partial charge in [0.15, 0.2) is 0 Å². The van der Waals surface area contributed by atoms with Crippen LogP contribution in [-0.4, -0.2) is 36.4 Å². The summed E-state index contributed by atoms with van der Waals surface area (Å²) in [5.74, 6) is 0.701. The fourth-order valence-electron chi connectivity index (χ4n) is 2.03. The summed E-state index contributed by atoms with van der Waals surface area (Å²) >= 11 is 0. The molecule has 0 spiro atoms. The fourth-order valence-corrected chi connectivity index (χ4v) is 3.23. The van der Waals surface area contributed by atoms with E-state index in [1.54, 1.807) is 37.6 Å². The Hall–Kier alpha value is -1.70. The van der Waals surface area contributed by atoms with Crippen molar-refractivity contribution >= 4 is 10.0 Å². The molecular formula is C14H20N4O2S. The Labute approximate surface area is 125 Å². The van der Waals surface area contributed by atoms with Gasteiger partial charge in [-0.3, -0.25) is 0 Å². The highest BCUT2D eigenvalue weighted by atomic mass is 32.2. The van der Waals surface area contributed by atoms with Gasteiger partial charge in [-0.1, -0.05) is 12.1 Å². The van der Waals surface area contributed by atoms with E-state index in [0.29, 0.717) is 17.3 Å². The molecule has 7 heteroatoms. The lowest BCUT2D eigenvalue weighted by Gasteiger charge is -2.17. The van der Waals surface area contributed by atoms with Gasteiger partial charge in [0.05, 0.1) is 11.4 Å². The van der Waals surface area contributed by atoms with Gasteiger partial charge in [-0.15, -0.1) is 0 Å². The summed E-state index contributed by atoms with van der Waals surface area (Å²) in [7, 11) is 1.72. The molecule has 1 aromatic carbocycles. The molecule has 2 aromatic rings. The van der Waals surface area contributed by atoms with Gasteiger partial charge in [0.1, 0.15) is 5.82 Å². The maximum Gasteiger partial charge on any atom is 0.243 e. The van der Waals surface area contributed by atoms with Gasteiger partial charge in [0, 0.05) is 33.0 Å². The Balaban J connectivity index is 2.24. The fraction of sp³-hybridized carbons (Fsp3) is 0.357. The minimum absolute atomic E-state index is 0.238. The predicted molar refractivity (Wildman–Crippen MR) is 81.1 cm³/mol. The van der Waals surface area contributed by atoms with E-state index in [-0.39, 0.29) is 6.54 Å². The van der Waals surface area contributed by atoms with Crippen molar-refractivity contribution in [2.45, 2.75) is 18.0 Å². The number of rotatable bonds is 6. The maximum atomic E-state index is 12.6. The van der Waals surface area contributed by atoms with Gasteiger partial charge in [-0.25, -0.2) is 13.4 Å². The molecule has 0 atom stereocenters. The van der Waals surface area contributed by atoms with Crippen LogP contribution < -0.4 is 5.32 Å². The Bertz CT molecular complexity index is 709. The summed E-state index contributed by atoms with van der Waals surface area (Å²) in [5, 5.41) is 3.01. The molecule has 1 heterocycles. The Morgan fingerprint density at radius 3 is 2.76 bits per heavy atom. The van der Waals surface area contributed by atoms with Crippen LogP contribution in [-0.2, 0) is 30.2 Å². The second kappa shape index (κ2) is 6.38. The molecule has 2 rings (SSSR count). The van der Waals surface area contributed by atoms with Crippen molar-refractivity contribution in [2.24, 2.45) is 7.05 Å². The predicted octanol–water partition coefficient (Wildman–Crippen LogP) is 0.960. The van der Waals surface area contributed by atoms with E-state index in [1.807, 2.05) is 24.7 Å². The largest absolute Gasteiger partial charge is 0.337 e. The molecule has 0 aliphatic heterocycles. The van der Waals surface area contributed by atoms with E-state index in [4.69, 9.17) is 0 Å². The summed E-state index contributed by atoms with van der Waals surface area (Å²) < 4.78 is 28.3.